The normalized spacial score (nSPS) is 32.1. The van der Waals surface area contributed by atoms with Gasteiger partial charge in [0.25, 0.3) is 0 Å². The minimum Gasteiger partial charge on any atom is -0.366 e. The maximum Gasteiger partial charge on any atom is 0.433 e. The van der Waals surface area contributed by atoms with E-state index < -0.39 is 65.5 Å². The standard InChI is InChI=1S/C8H12F6N2O6S2/c1-23(19,20)15-3-6(18,8(12,13)14)16(24(2,21)22)4-5(15,17)7(9,10)11/h17-18H,3-4H2,1-2H3/t5-,6+. The first-order chi connectivity index (χ1) is 10.2. The van der Waals surface area contributed by atoms with Gasteiger partial charge in [0, 0.05) is 0 Å². The third-order valence-corrected chi connectivity index (χ3v) is 5.73. The van der Waals surface area contributed by atoms with Crippen LogP contribution in [-0.4, -0.2) is 85.1 Å². The number of sulfonamides is 2. The second-order valence-corrected chi connectivity index (χ2v) is 8.98. The van der Waals surface area contributed by atoms with Crippen molar-refractivity contribution >= 4 is 20.0 Å². The van der Waals surface area contributed by atoms with Crippen molar-refractivity contribution in [3.05, 3.63) is 0 Å². The van der Waals surface area contributed by atoms with Gasteiger partial charge >= 0.3 is 12.4 Å². The molecule has 0 radical (unpaired) electrons. The Hall–Kier alpha value is -0.680. The fraction of sp³-hybridized carbons (Fsp3) is 1.00. The Bertz CT molecular complexity index is 656. The fourth-order valence-electron chi connectivity index (χ4n) is 2.07. The highest BCUT2D eigenvalue weighted by molar-refractivity contribution is 7.88. The maximum atomic E-state index is 13.1. The van der Waals surface area contributed by atoms with E-state index in [0.717, 1.165) is 0 Å². The Morgan fingerprint density at radius 1 is 0.750 bits per heavy atom. The van der Waals surface area contributed by atoms with Gasteiger partial charge in [-0.3, -0.25) is 0 Å². The highest BCUT2D eigenvalue weighted by Crippen LogP contribution is 2.46. The molecule has 2 atom stereocenters. The molecule has 0 aromatic carbocycles. The molecule has 1 aliphatic heterocycles. The van der Waals surface area contributed by atoms with Gasteiger partial charge in [-0.1, -0.05) is 0 Å². The van der Waals surface area contributed by atoms with Gasteiger partial charge in [0.2, 0.25) is 31.5 Å². The molecule has 0 aromatic heterocycles. The Morgan fingerprint density at radius 3 is 1.08 bits per heavy atom. The average Bonchev–Trinajstić information content (AvgIpc) is 2.26. The summed E-state index contributed by atoms with van der Waals surface area (Å²) < 4.78 is 122. The quantitative estimate of drug-likeness (QED) is 0.566. The lowest BCUT2D eigenvalue weighted by atomic mass is 10.1. The number of β-amino-alcohol motifs (C(OH)–C–C–N with tert-alkyl or cyclic N) is 2. The average molecular weight is 410 g/mol. The largest absolute Gasteiger partial charge is 0.433 e. The molecule has 1 saturated heterocycles. The highest BCUT2D eigenvalue weighted by Gasteiger charge is 2.73. The van der Waals surface area contributed by atoms with E-state index in [1.807, 2.05) is 0 Å². The van der Waals surface area contributed by atoms with E-state index in [4.69, 9.17) is 0 Å². The number of halogens is 6. The van der Waals surface area contributed by atoms with Crippen LogP contribution in [0.4, 0.5) is 26.3 Å². The topological polar surface area (TPSA) is 115 Å². The van der Waals surface area contributed by atoms with Gasteiger partial charge in [-0.15, -0.1) is 0 Å². The number of aliphatic hydroxyl groups is 2. The summed E-state index contributed by atoms with van der Waals surface area (Å²) >= 11 is 0. The van der Waals surface area contributed by atoms with Crippen LogP contribution in [0.1, 0.15) is 0 Å². The summed E-state index contributed by atoms with van der Waals surface area (Å²) in [4.78, 5) is 0. The molecule has 0 unspecified atom stereocenters. The van der Waals surface area contributed by atoms with Crippen molar-refractivity contribution in [1.82, 2.24) is 8.61 Å². The number of rotatable bonds is 2. The van der Waals surface area contributed by atoms with Crippen molar-refractivity contribution in [2.75, 3.05) is 25.6 Å². The van der Waals surface area contributed by atoms with E-state index in [-0.39, 0.29) is 12.5 Å². The summed E-state index contributed by atoms with van der Waals surface area (Å²) in [6, 6.07) is 0. The molecule has 8 nitrogen and oxygen atoms in total. The van der Waals surface area contributed by atoms with E-state index in [1.54, 1.807) is 0 Å². The molecule has 16 heteroatoms. The smallest absolute Gasteiger partial charge is 0.366 e. The van der Waals surface area contributed by atoms with Crippen molar-refractivity contribution < 1.29 is 53.4 Å². The lowest BCUT2D eigenvalue weighted by Gasteiger charge is -2.52. The van der Waals surface area contributed by atoms with Gasteiger partial charge in [-0.25, -0.2) is 16.8 Å². The van der Waals surface area contributed by atoms with Gasteiger partial charge in [0.1, 0.15) is 0 Å². The van der Waals surface area contributed by atoms with Crippen molar-refractivity contribution in [2.24, 2.45) is 0 Å². The van der Waals surface area contributed by atoms with Crippen LogP contribution in [0.25, 0.3) is 0 Å². The van der Waals surface area contributed by atoms with Gasteiger partial charge in [0.05, 0.1) is 25.6 Å². The molecule has 0 bridgehead atoms. The van der Waals surface area contributed by atoms with Gasteiger partial charge < -0.3 is 10.2 Å². The SMILES string of the molecule is CS(=O)(=O)N1C[C@@](O)(C(F)(F)F)N(S(C)(=O)=O)C[C@]1(O)C(F)(F)F. The number of hydrogen-bond acceptors (Lipinski definition) is 6. The first-order valence-corrected chi connectivity index (χ1v) is 9.41. The van der Waals surface area contributed by atoms with E-state index >= 15 is 0 Å². The number of piperazine rings is 1. The fourth-order valence-corrected chi connectivity index (χ4v) is 4.31. The van der Waals surface area contributed by atoms with Gasteiger partial charge in [0.15, 0.2) is 0 Å². The third-order valence-electron chi connectivity index (χ3n) is 3.26. The van der Waals surface area contributed by atoms with Crippen LogP contribution < -0.4 is 0 Å². The second kappa shape index (κ2) is 5.41. The molecule has 2 N–H and O–H groups in total. The minimum absolute atomic E-state index is 0.0661. The van der Waals surface area contributed by atoms with E-state index in [0.29, 0.717) is 0 Å². The van der Waals surface area contributed by atoms with Gasteiger partial charge in [-0.2, -0.15) is 35.0 Å². The maximum absolute atomic E-state index is 13.1. The molecule has 1 fully saturated rings. The minimum atomic E-state index is -5.86. The molecule has 0 spiro atoms. The molecule has 0 aromatic rings. The number of nitrogens with zero attached hydrogens (tertiary/aromatic N) is 2. The van der Waals surface area contributed by atoms with Crippen LogP contribution in [0.5, 0.6) is 0 Å². The lowest BCUT2D eigenvalue weighted by molar-refractivity contribution is -0.368. The van der Waals surface area contributed by atoms with Crippen LogP contribution in [0, 0.1) is 0 Å². The van der Waals surface area contributed by atoms with Crippen molar-refractivity contribution in [1.29, 1.82) is 0 Å². The Kier molecular flexibility index (Phi) is 4.81. The van der Waals surface area contributed by atoms with E-state index in [2.05, 4.69) is 0 Å². The molecule has 1 rings (SSSR count). The number of alkyl halides is 6. The molecular weight excluding hydrogens is 398 g/mol. The zero-order valence-electron chi connectivity index (χ0n) is 11.9. The van der Waals surface area contributed by atoms with Crippen molar-refractivity contribution in [2.45, 2.75) is 23.8 Å². The highest BCUT2D eigenvalue weighted by atomic mass is 32.2. The lowest BCUT2D eigenvalue weighted by Crippen LogP contribution is -2.80. The summed E-state index contributed by atoms with van der Waals surface area (Å²) in [5.74, 6) is 0. The summed E-state index contributed by atoms with van der Waals surface area (Å²) in [5.41, 5.74) is -9.00. The summed E-state index contributed by atoms with van der Waals surface area (Å²) in [6.45, 7) is -4.81. The summed E-state index contributed by atoms with van der Waals surface area (Å²) in [7, 11) is -10.3. The Morgan fingerprint density at radius 2 is 0.958 bits per heavy atom. The predicted molar refractivity (Wildman–Crippen MR) is 65.1 cm³/mol. The first kappa shape index (κ1) is 21.4. The van der Waals surface area contributed by atoms with Gasteiger partial charge in [-0.05, 0) is 0 Å². The molecule has 24 heavy (non-hydrogen) atoms. The van der Waals surface area contributed by atoms with Crippen molar-refractivity contribution in [3.8, 4) is 0 Å². The monoisotopic (exact) mass is 410 g/mol. The first-order valence-electron chi connectivity index (χ1n) is 5.72. The molecule has 1 heterocycles. The van der Waals surface area contributed by atoms with E-state index in [1.165, 1.54) is 0 Å². The zero-order valence-corrected chi connectivity index (χ0v) is 13.6. The molecule has 0 saturated carbocycles. The number of hydrogen-bond donors (Lipinski definition) is 2. The molecule has 0 aliphatic carbocycles. The second-order valence-electron chi connectivity index (χ2n) is 5.17. The Labute approximate surface area is 132 Å². The summed E-state index contributed by atoms with van der Waals surface area (Å²) in [6.07, 6.45) is -11.6. The third kappa shape index (κ3) is 3.34. The predicted octanol–water partition coefficient (Wildman–Crippen LogP) is -0.975. The Balaban J connectivity index is 3.74. The van der Waals surface area contributed by atoms with Crippen LogP contribution in [-0.2, 0) is 20.0 Å². The van der Waals surface area contributed by atoms with Crippen molar-refractivity contribution in [3.63, 3.8) is 0 Å². The molecule has 1 aliphatic rings. The molecular formula is C8H12F6N2O6S2. The molecule has 0 amide bonds. The summed E-state index contributed by atoms with van der Waals surface area (Å²) in [5, 5.41) is 19.3. The molecule has 144 valence electrons. The van der Waals surface area contributed by atoms with Crippen LogP contribution in [0.15, 0.2) is 0 Å². The van der Waals surface area contributed by atoms with E-state index in [9.17, 15) is 53.4 Å². The van der Waals surface area contributed by atoms with Crippen LogP contribution in [0.2, 0.25) is 0 Å². The van der Waals surface area contributed by atoms with Crippen LogP contribution in [0.3, 0.4) is 0 Å². The van der Waals surface area contributed by atoms with Crippen LogP contribution >= 0.6 is 0 Å². The zero-order chi connectivity index (χ0) is 19.6.